The Morgan fingerprint density at radius 1 is 1.21 bits per heavy atom. The minimum absolute atomic E-state index is 0.0449. The third kappa shape index (κ3) is 5.29. The van der Waals surface area contributed by atoms with Gasteiger partial charge in [-0.1, -0.05) is 6.07 Å². The summed E-state index contributed by atoms with van der Waals surface area (Å²) in [6, 6.07) is 5.82. The summed E-state index contributed by atoms with van der Waals surface area (Å²) in [5.74, 6) is -0.631. The summed E-state index contributed by atoms with van der Waals surface area (Å²) < 4.78 is 15.0. The minimum Gasteiger partial charge on any atom is -0.337 e. The lowest BCUT2D eigenvalue weighted by molar-refractivity contribution is -0.127. The Labute approximate surface area is 169 Å². The van der Waals surface area contributed by atoms with Gasteiger partial charge in [-0.3, -0.25) is 19.2 Å². The maximum atomic E-state index is 13.2. The molecule has 1 aromatic heterocycles. The second kappa shape index (κ2) is 9.00. The zero-order chi connectivity index (χ0) is 21.0. The Morgan fingerprint density at radius 3 is 2.55 bits per heavy atom. The maximum Gasteiger partial charge on any atom is 0.246 e. The van der Waals surface area contributed by atoms with Crippen LogP contribution in [0.4, 0.5) is 10.1 Å². The van der Waals surface area contributed by atoms with Crippen molar-refractivity contribution in [2.75, 3.05) is 38.0 Å². The smallest absolute Gasteiger partial charge is 0.246 e. The highest BCUT2D eigenvalue weighted by molar-refractivity contribution is 5.93. The van der Waals surface area contributed by atoms with Gasteiger partial charge in [-0.15, -0.1) is 0 Å². The molecule has 3 rings (SSSR count). The van der Waals surface area contributed by atoms with E-state index in [9.17, 15) is 14.0 Å². The first-order chi connectivity index (χ1) is 13.8. The molecule has 154 valence electrons. The Kier molecular flexibility index (Phi) is 6.43. The van der Waals surface area contributed by atoms with Crippen molar-refractivity contribution in [1.29, 1.82) is 0 Å². The molecule has 0 aliphatic carbocycles. The molecule has 2 amide bonds. The first-order valence-electron chi connectivity index (χ1n) is 9.58. The van der Waals surface area contributed by atoms with Crippen LogP contribution in [0.25, 0.3) is 6.08 Å². The molecule has 0 atom stereocenters. The van der Waals surface area contributed by atoms with Crippen molar-refractivity contribution in [3.8, 4) is 0 Å². The number of rotatable bonds is 5. The molecule has 2 heterocycles. The van der Waals surface area contributed by atoms with E-state index < -0.39 is 0 Å². The summed E-state index contributed by atoms with van der Waals surface area (Å²) in [6.45, 7) is 6.44. The molecular formula is C21H26FN5O2. The molecule has 1 aliphatic heterocycles. The fraction of sp³-hybridized carbons (Fsp3) is 0.381. The van der Waals surface area contributed by atoms with Crippen molar-refractivity contribution in [3.63, 3.8) is 0 Å². The second-order valence-corrected chi connectivity index (χ2v) is 7.20. The molecule has 2 aromatic rings. The Bertz CT molecular complexity index is 929. The zero-order valence-electron chi connectivity index (χ0n) is 17.0. The molecule has 1 aromatic carbocycles. The number of hydrogen-bond acceptors (Lipinski definition) is 4. The SMILES string of the molecule is Cc1nn(C)c(C)c1/C=C/C(=O)N1CCN(CC(=O)Nc2cccc(F)c2)CC1. The van der Waals surface area contributed by atoms with Crippen molar-refractivity contribution < 1.29 is 14.0 Å². The van der Waals surface area contributed by atoms with E-state index >= 15 is 0 Å². The van der Waals surface area contributed by atoms with Crippen LogP contribution < -0.4 is 5.32 Å². The minimum atomic E-state index is -0.389. The summed E-state index contributed by atoms with van der Waals surface area (Å²) in [6.07, 6.45) is 3.40. The molecule has 0 unspecified atom stereocenters. The fourth-order valence-electron chi connectivity index (χ4n) is 3.39. The van der Waals surface area contributed by atoms with Crippen LogP contribution in [0.3, 0.4) is 0 Å². The maximum absolute atomic E-state index is 13.2. The number of halogens is 1. The molecule has 29 heavy (non-hydrogen) atoms. The largest absolute Gasteiger partial charge is 0.337 e. The van der Waals surface area contributed by atoms with Crippen LogP contribution in [-0.2, 0) is 16.6 Å². The van der Waals surface area contributed by atoms with Crippen LogP contribution >= 0.6 is 0 Å². The molecule has 1 fully saturated rings. The fourth-order valence-corrected chi connectivity index (χ4v) is 3.39. The standard InChI is InChI=1S/C21H26FN5O2/c1-15-19(16(2)25(3)24-15)7-8-21(29)27-11-9-26(10-12-27)14-20(28)23-18-6-4-5-17(22)13-18/h4-8,13H,9-12,14H2,1-3H3,(H,23,28)/b8-7+. The molecule has 7 nitrogen and oxygen atoms in total. The first-order valence-corrected chi connectivity index (χ1v) is 9.58. The van der Waals surface area contributed by atoms with Gasteiger partial charge in [0, 0.05) is 56.2 Å². The van der Waals surface area contributed by atoms with Gasteiger partial charge in [0.2, 0.25) is 11.8 Å². The molecule has 0 saturated carbocycles. The summed E-state index contributed by atoms with van der Waals surface area (Å²) in [5, 5.41) is 7.04. The number of piperazine rings is 1. The van der Waals surface area contributed by atoms with Crippen molar-refractivity contribution in [2.24, 2.45) is 7.05 Å². The Morgan fingerprint density at radius 2 is 1.93 bits per heavy atom. The number of benzene rings is 1. The van der Waals surface area contributed by atoms with Gasteiger partial charge in [0.1, 0.15) is 5.82 Å². The van der Waals surface area contributed by atoms with E-state index in [1.54, 1.807) is 27.8 Å². The number of carbonyl (C=O) groups is 2. The molecule has 1 saturated heterocycles. The predicted molar refractivity (Wildman–Crippen MR) is 110 cm³/mol. The van der Waals surface area contributed by atoms with Gasteiger partial charge in [-0.25, -0.2) is 4.39 Å². The Hall–Kier alpha value is -3.00. The molecule has 8 heteroatoms. The summed E-state index contributed by atoms with van der Waals surface area (Å²) in [7, 11) is 1.88. The van der Waals surface area contributed by atoms with Crippen molar-refractivity contribution >= 4 is 23.6 Å². The highest BCUT2D eigenvalue weighted by Crippen LogP contribution is 2.14. The number of carbonyl (C=O) groups excluding carboxylic acids is 2. The lowest BCUT2D eigenvalue weighted by Gasteiger charge is -2.33. The monoisotopic (exact) mass is 399 g/mol. The van der Waals surface area contributed by atoms with Crippen molar-refractivity contribution in [2.45, 2.75) is 13.8 Å². The average molecular weight is 399 g/mol. The zero-order valence-corrected chi connectivity index (χ0v) is 17.0. The van der Waals surface area contributed by atoms with Gasteiger partial charge < -0.3 is 10.2 Å². The number of nitrogens with zero attached hydrogens (tertiary/aromatic N) is 4. The number of nitrogens with one attached hydrogen (secondary N) is 1. The van der Waals surface area contributed by atoms with Crippen LogP contribution in [-0.4, -0.2) is 64.1 Å². The van der Waals surface area contributed by atoms with Gasteiger partial charge >= 0.3 is 0 Å². The number of amides is 2. The average Bonchev–Trinajstić information content (AvgIpc) is 2.92. The lowest BCUT2D eigenvalue weighted by atomic mass is 10.2. The van der Waals surface area contributed by atoms with Crippen LogP contribution in [0, 0.1) is 19.7 Å². The van der Waals surface area contributed by atoms with Crippen molar-refractivity contribution in [1.82, 2.24) is 19.6 Å². The number of hydrogen-bond donors (Lipinski definition) is 1. The molecule has 0 radical (unpaired) electrons. The predicted octanol–water partition coefficient (Wildman–Crippen LogP) is 1.97. The topological polar surface area (TPSA) is 70.5 Å². The van der Waals surface area contributed by atoms with E-state index in [-0.39, 0.29) is 24.2 Å². The quantitative estimate of drug-likeness (QED) is 0.781. The molecule has 0 bridgehead atoms. The van der Waals surface area contributed by atoms with Crippen LogP contribution in [0.2, 0.25) is 0 Å². The first kappa shape index (κ1) is 20.7. The van der Waals surface area contributed by atoms with E-state index in [1.165, 1.54) is 12.1 Å². The third-order valence-corrected chi connectivity index (χ3v) is 5.12. The van der Waals surface area contributed by atoms with E-state index in [4.69, 9.17) is 0 Å². The highest BCUT2D eigenvalue weighted by atomic mass is 19.1. The number of aromatic nitrogens is 2. The van der Waals surface area contributed by atoms with Gasteiger partial charge in [0.05, 0.1) is 12.2 Å². The van der Waals surface area contributed by atoms with E-state index in [2.05, 4.69) is 10.4 Å². The molecule has 1 aliphatic rings. The van der Waals surface area contributed by atoms with Crippen molar-refractivity contribution in [3.05, 3.63) is 53.1 Å². The third-order valence-electron chi connectivity index (χ3n) is 5.12. The number of aryl methyl sites for hydroxylation is 2. The van der Waals surface area contributed by atoms with E-state index in [0.29, 0.717) is 31.9 Å². The molecule has 0 spiro atoms. The van der Waals surface area contributed by atoms with Crippen LogP contribution in [0.5, 0.6) is 0 Å². The van der Waals surface area contributed by atoms with E-state index in [0.717, 1.165) is 17.0 Å². The van der Waals surface area contributed by atoms with Gasteiger partial charge in [-0.2, -0.15) is 5.10 Å². The number of anilines is 1. The lowest BCUT2D eigenvalue weighted by Crippen LogP contribution is -2.50. The van der Waals surface area contributed by atoms with E-state index in [1.807, 2.05) is 31.9 Å². The van der Waals surface area contributed by atoms with Gasteiger partial charge in [0.25, 0.3) is 0 Å². The van der Waals surface area contributed by atoms with Crippen LogP contribution in [0.15, 0.2) is 30.3 Å². The summed E-state index contributed by atoms with van der Waals surface area (Å²) in [4.78, 5) is 28.4. The highest BCUT2D eigenvalue weighted by Gasteiger charge is 2.21. The Balaban J connectivity index is 1.47. The van der Waals surface area contributed by atoms with Gasteiger partial charge in [-0.05, 0) is 38.1 Å². The van der Waals surface area contributed by atoms with Crippen LogP contribution in [0.1, 0.15) is 17.0 Å². The summed E-state index contributed by atoms with van der Waals surface area (Å²) in [5.41, 5.74) is 3.31. The van der Waals surface area contributed by atoms with Gasteiger partial charge in [0.15, 0.2) is 0 Å². The summed E-state index contributed by atoms with van der Waals surface area (Å²) >= 11 is 0. The molecular weight excluding hydrogens is 373 g/mol. The molecule has 1 N–H and O–H groups in total. The second-order valence-electron chi connectivity index (χ2n) is 7.20. The normalized spacial score (nSPS) is 15.1.